The van der Waals surface area contributed by atoms with E-state index in [0.29, 0.717) is 0 Å². The molecular weight excluding hydrogens is 851 g/mol. The molecule has 0 fully saturated rings. The van der Waals surface area contributed by atoms with Crippen molar-refractivity contribution in [1.29, 1.82) is 0 Å². The van der Waals surface area contributed by atoms with Crippen LogP contribution in [0.2, 0.25) is 0 Å². The highest BCUT2D eigenvalue weighted by atomic mass is 16.5. The van der Waals surface area contributed by atoms with Crippen LogP contribution in [0.3, 0.4) is 0 Å². The monoisotopic (exact) mass is 891 g/mol. The van der Waals surface area contributed by atoms with Crippen LogP contribution < -0.4 is 4.74 Å². The van der Waals surface area contributed by atoms with Gasteiger partial charge in [0.15, 0.2) is 0 Å². The minimum absolute atomic E-state index is 0.671. The van der Waals surface area contributed by atoms with Gasteiger partial charge in [-0.2, -0.15) is 0 Å². The number of pyridine rings is 1. The van der Waals surface area contributed by atoms with Crippen LogP contribution in [0.25, 0.3) is 99.8 Å². The molecule has 1 spiro atoms. The van der Waals surface area contributed by atoms with Gasteiger partial charge in [-0.25, -0.2) is 4.98 Å². The van der Waals surface area contributed by atoms with Crippen LogP contribution in [0, 0.1) is 0 Å². The predicted molar refractivity (Wildman–Crippen MR) is 287 cm³/mol. The summed E-state index contributed by atoms with van der Waals surface area (Å²) in [5.41, 5.74) is 19.7. The van der Waals surface area contributed by atoms with Crippen LogP contribution in [0.5, 0.6) is 11.5 Å². The minimum atomic E-state index is -0.671. The van der Waals surface area contributed by atoms with Crippen molar-refractivity contribution in [1.82, 2.24) is 14.1 Å². The largest absolute Gasteiger partial charge is 0.457 e. The number of para-hydroxylation sites is 5. The van der Waals surface area contributed by atoms with Gasteiger partial charge in [0.1, 0.15) is 11.5 Å². The predicted octanol–water partition coefficient (Wildman–Crippen LogP) is 16.7. The Morgan fingerprint density at radius 3 is 1.63 bits per heavy atom. The van der Waals surface area contributed by atoms with Crippen molar-refractivity contribution in [3.63, 3.8) is 0 Å². The van der Waals surface area contributed by atoms with Gasteiger partial charge in [0.2, 0.25) is 0 Å². The van der Waals surface area contributed by atoms with Gasteiger partial charge in [-0.15, -0.1) is 0 Å². The van der Waals surface area contributed by atoms with Crippen molar-refractivity contribution < 1.29 is 4.74 Å². The summed E-state index contributed by atoms with van der Waals surface area (Å²) >= 11 is 0. The molecule has 0 unspecified atom stereocenters. The lowest BCUT2D eigenvalue weighted by atomic mass is 9.61. The summed E-state index contributed by atoms with van der Waals surface area (Å²) in [5.74, 6) is 1.76. The molecule has 5 heterocycles. The number of hydrogen-bond donors (Lipinski definition) is 0. The van der Waals surface area contributed by atoms with Crippen molar-refractivity contribution in [2.24, 2.45) is 0 Å². The molecule has 4 heteroatoms. The van der Waals surface area contributed by atoms with Crippen LogP contribution in [0.15, 0.2) is 249 Å². The Balaban J connectivity index is 1.02. The van der Waals surface area contributed by atoms with E-state index < -0.39 is 5.41 Å². The van der Waals surface area contributed by atoms with E-state index in [9.17, 15) is 0 Å². The Morgan fingerprint density at radius 2 is 0.900 bits per heavy atom. The maximum Gasteiger partial charge on any atom is 0.132 e. The molecule has 0 aliphatic carbocycles. The molecule has 0 bridgehead atoms. The third-order valence-electron chi connectivity index (χ3n) is 15.0. The van der Waals surface area contributed by atoms with Gasteiger partial charge in [-0.1, -0.05) is 176 Å². The van der Waals surface area contributed by atoms with E-state index in [0.717, 1.165) is 84.1 Å². The van der Waals surface area contributed by atoms with Gasteiger partial charge in [0, 0.05) is 49.5 Å². The Labute approximate surface area is 404 Å². The van der Waals surface area contributed by atoms with E-state index >= 15 is 0 Å². The molecule has 0 radical (unpaired) electrons. The van der Waals surface area contributed by atoms with Gasteiger partial charge in [-0.3, -0.25) is 0 Å². The quantitative estimate of drug-likeness (QED) is 0.172. The van der Waals surface area contributed by atoms with E-state index in [-0.39, 0.29) is 0 Å². The highest BCUT2D eigenvalue weighted by Gasteiger charge is 2.50. The molecule has 3 aromatic heterocycles. The van der Waals surface area contributed by atoms with Gasteiger partial charge < -0.3 is 13.9 Å². The highest BCUT2D eigenvalue weighted by molar-refractivity contribution is 6.17. The fraction of sp³-hybridized carbons (Fsp3) is 0.0152. The highest BCUT2D eigenvalue weighted by Crippen LogP contribution is 2.60. The van der Waals surface area contributed by atoms with E-state index in [1.54, 1.807) is 0 Å². The first-order valence-electron chi connectivity index (χ1n) is 24.0. The Kier molecular flexibility index (Phi) is 8.25. The minimum Gasteiger partial charge on any atom is -0.457 e. The molecule has 15 rings (SSSR count). The van der Waals surface area contributed by atoms with Crippen LogP contribution in [-0.4, -0.2) is 14.1 Å². The fourth-order valence-corrected chi connectivity index (χ4v) is 12.0. The third-order valence-corrected chi connectivity index (χ3v) is 15.0. The number of ether oxygens (including phenoxy) is 1. The third kappa shape index (κ3) is 5.44. The Morgan fingerprint density at radius 1 is 0.343 bits per heavy atom. The average molecular weight is 892 g/mol. The second kappa shape index (κ2) is 14.9. The van der Waals surface area contributed by atoms with E-state index in [4.69, 9.17) is 9.72 Å². The zero-order valence-corrected chi connectivity index (χ0v) is 37.9. The normalized spacial score (nSPS) is 13.1. The molecule has 0 N–H and O–H groups in total. The van der Waals surface area contributed by atoms with Crippen LogP contribution >= 0.6 is 0 Å². The van der Waals surface area contributed by atoms with Gasteiger partial charge >= 0.3 is 0 Å². The molecule has 2 aliphatic rings. The molecule has 0 amide bonds. The van der Waals surface area contributed by atoms with E-state index in [1.807, 2.05) is 0 Å². The first kappa shape index (κ1) is 38.8. The zero-order valence-electron chi connectivity index (χ0n) is 37.9. The lowest BCUT2D eigenvalue weighted by Gasteiger charge is -2.45. The average Bonchev–Trinajstić information content (AvgIpc) is 3.96. The van der Waals surface area contributed by atoms with Crippen LogP contribution in [0.4, 0.5) is 0 Å². The number of benzene rings is 10. The summed E-state index contributed by atoms with van der Waals surface area (Å²) in [5, 5.41) is 4.88. The molecule has 13 aromatic rings. The second-order valence-corrected chi connectivity index (χ2v) is 18.6. The zero-order chi connectivity index (χ0) is 45.9. The number of aromatic nitrogens is 3. The SMILES string of the molecule is c1ccc(-c2cc(-c3cccc4c3c3cc(-c5ccc6c(c5)C5(c7ccccc7Oc7ccccc75)c5cccc7c8ccccc8n-6c57)ccc3n4-c3ccccc3)cc(-c3ccccc3)n2)cc1. The Bertz CT molecular complexity index is 4160. The molecule has 2 aliphatic heterocycles. The smallest absolute Gasteiger partial charge is 0.132 e. The topological polar surface area (TPSA) is 32.0 Å². The van der Waals surface area contributed by atoms with Crippen molar-refractivity contribution in [2.45, 2.75) is 5.41 Å². The molecule has 70 heavy (non-hydrogen) atoms. The van der Waals surface area contributed by atoms with Gasteiger partial charge in [0.25, 0.3) is 0 Å². The summed E-state index contributed by atoms with van der Waals surface area (Å²) < 4.78 is 11.7. The van der Waals surface area contributed by atoms with Crippen molar-refractivity contribution in [2.75, 3.05) is 0 Å². The second-order valence-electron chi connectivity index (χ2n) is 18.6. The summed E-state index contributed by atoms with van der Waals surface area (Å²) in [6.07, 6.45) is 0. The number of fused-ring (bicyclic) bond motifs is 14. The fourth-order valence-electron chi connectivity index (χ4n) is 12.0. The van der Waals surface area contributed by atoms with Crippen LogP contribution in [0.1, 0.15) is 22.3 Å². The summed E-state index contributed by atoms with van der Waals surface area (Å²) in [6.45, 7) is 0. The number of hydrogen-bond acceptors (Lipinski definition) is 2. The summed E-state index contributed by atoms with van der Waals surface area (Å²) in [4.78, 5) is 5.27. The van der Waals surface area contributed by atoms with E-state index in [2.05, 4.69) is 258 Å². The molecule has 0 saturated heterocycles. The first-order valence-corrected chi connectivity index (χ1v) is 24.0. The summed E-state index contributed by atoms with van der Waals surface area (Å²) in [7, 11) is 0. The maximum atomic E-state index is 6.81. The standard InChI is InChI=1S/C66H41N3O/c1-4-18-42(19-5-1)56-40-46(41-57(67-56)43-20-6-2-7-21-43)48-25-17-31-61-64(48)51-38-44(34-36-59(51)68(61)47-22-8-3-9-23-47)45-35-37-60-55(39-45)66(52-27-11-14-32-62(52)70-63-33-15-12-28-53(63)66)54-29-16-26-50-49-24-10-13-30-58(49)69(60)65(50)54/h1-41H. The number of nitrogens with zero attached hydrogens (tertiary/aromatic N) is 3. The lowest BCUT2D eigenvalue weighted by Crippen LogP contribution is -2.37. The molecule has 10 aromatic carbocycles. The molecular formula is C66H41N3O. The number of rotatable bonds is 5. The summed E-state index contributed by atoms with van der Waals surface area (Å²) in [6, 6.07) is 90.4. The van der Waals surface area contributed by atoms with E-state index in [1.165, 1.54) is 49.4 Å². The molecule has 4 nitrogen and oxygen atoms in total. The van der Waals surface area contributed by atoms with Gasteiger partial charge in [0.05, 0.1) is 44.6 Å². The molecule has 0 saturated carbocycles. The van der Waals surface area contributed by atoms with Gasteiger partial charge in [-0.05, 0) is 106 Å². The van der Waals surface area contributed by atoms with Crippen molar-refractivity contribution >= 4 is 43.6 Å². The molecule has 0 atom stereocenters. The van der Waals surface area contributed by atoms with Crippen LogP contribution in [-0.2, 0) is 5.41 Å². The lowest BCUT2D eigenvalue weighted by molar-refractivity contribution is 0.434. The van der Waals surface area contributed by atoms with Crippen molar-refractivity contribution in [3.05, 3.63) is 271 Å². The molecule has 326 valence electrons. The first-order chi connectivity index (χ1) is 34.7. The Hall–Kier alpha value is -9.25. The van der Waals surface area contributed by atoms with Crippen molar-refractivity contribution in [3.8, 4) is 67.6 Å². The maximum absolute atomic E-state index is 6.81.